The highest BCUT2D eigenvalue weighted by Crippen LogP contribution is 2.17. The van der Waals surface area contributed by atoms with Crippen LogP contribution in [0, 0.1) is 6.92 Å². The standard InChI is InChI=1S/C18H25N5.HI/c1-14-11-12-23(22-14)17-10-6-5-7-15(17)13-20-18(19)21-16-8-3-2-4-9-16;/h5-7,10-12,16H,2-4,8-9,13H2,1H3,(H3,19,20,21);1H. The van der Waals surface area contributed by atoms with Gasteiger partial charge in [-0.25, -0.2) is 9.67 Å². The molecule has 0 unspecified atom stereocenters. The Hall–Kier alpha value is -1.57. The summed E-state index contributed by atoms with van der Waals surface area (Å²) >= 11 is 0. The lowest BCUT2D eigenvalue weighted by atomic mass is 9.96. The van der Waals surface area contributed by atoms with Crippen molar-refractivity contribution in [3.8, 4) is 5.69 Å². The lowest BCUT2D eigenvalue weighted by Crippen LogP contribution is -2.41. The molecule has 2 aromatic rings. The van der Waals surface area contributed by atoms with E-state index in [2.05, 4.69) is 27.5 Å². The fraction of sp³-hybridized carbons (Fsp3) is 0.444. The average Bonchev–Trinajstić information content (AvgIpc) is 3.00. The second-order valence-corrected chi connectivity index (χ2v) is 6.21. The van der Waals surface area contributed by atoms with E-state index in [0.717, 1.165) is 16.9 Å². The molecule has 1 heterocycles. The Labute approximate surface area is 160 Å². The van der Waals surface area contributed by atoms with Crippen LogP contribution in [-0.2, 0) is 6.54 Å². The van der Waals surface area contributed by atoms with Gasteiger partial charge in [0, 0.05) is 12.2 Å². The largest absolute Gasteiger partial charge is 0.370 e. The number of rotatable bonds is 4. The van der Waals surface area contributed by atoms with Crippen molar-refractivity contribution >= 4 is 29.9 Å². The van der Waals surface area contributed by atoms with Crippen molar-refractivity contribution in [1.82, 2.24) is 15.1 Å². The van der Waals surface area contributed by atoms with Gasteiger partial charge in [0.25, 0.3) is 0 Å². The van der Waals surface area contributed by atoms with E-state index in [0.29, 0.717) is 18.5 Å². The van der Waals surface area contributed by atoms with Crippen LogP contribution in [0.4, 0.5) is 0 Å². The molecule has 24 heavy (non-hydrogen) atoms. The summed E-state index contributed by atoms with van der Waals surface area (Å²) in [6, 6.07) is 10.7. The Morgan fingerprint density at radius 1 is 1.25 bits per heavy atom. The van der Waals surface area contributed by atoms with Crippen molar-refractivity contribution < 1.29 is 0 Å². The maximum absolute atomic E-state index is 6.06. The smallest absolute Gasteiger partial charge is 0.189 e. The molecule has 6 heteroatoms. The first-order valence-electron chi connectivity index (χ1n) is 8.39. The SMILES string of the molecule is Cc1ccn(-c2ccccc2CN=C(N)NC2CCCCC2)n1.I. The number of hydrogen-bond acceptors (Lipinski definition) is 2. The van der Waals surface area contributed by atoms with Crippen molar-refractivity contribution in [3.05, 3.63) is 47.8 Å². The van der Waals surface area contributed by atoms with Gasteiger partial charge in [0.15, 0.2) is 5.96 Å². The van der Waals surface area contributed by atoms with Crippen molar-refractivity contribution in [1.29, 1.82) is 0 Å². The van der Waals surface area contributed by atoms with Gasteiger partial charge in [-0.2, -0.15) is 5.10 Å². The summed E-state index contributed by atoms with van der Waals surface area (Å²) in [7, 11) is 0. The minimum atomic E-state index is 0. The number of nitrogens with zero attached hydrogens (tertiary/aromatic N) is 3. The number of nitrogens with one attached hydrogen (secondary N) is 1. The van der Waals surface area contributed by atoms with Crippen LogP contribution in [0.5, 0.6) is 0 Å². The summed E-state index contributed by atoms with van der Waals surface area (Å²) in [6.45, 7) is 2.55. The molecule has 0 spiro atoms. The summed E-state index contributed by atoms with van der Waals surface area (Å²) in [4.78, 5) is 4.52. The maximum Gasteiger partial charge on any atom is 0.189 e. The third kappa shape index (κ3) is 4.96. The number of aryl methyl sites for hydroxylation is 1. The Morgan fingerprint density at radius 3 is 2.71 bits per heavy atom. The van der Waals surface area contributed by atoms with E-state index in [4.69, 9.17) is 5.73 Å². The fourth-order valence-electron chi connectivity index (χ4n) is 3.09. The van der Waals surface area contributed by atoms with Gasteiger partial charge in [0.05, 0.1) is 17.9 Å². The van der Waals surface area contributed by atoms with Gasteiger partial charge in [-0.1, -0.05) is 37.5 Å². The molecule has 1 fully saturated rings. The van der Waals surface area contributed by atoms with E-state index in [1.54, 1.807) is 0 Å². The van der Waals surface area contributed by atoms with Crippen molar-refractivity contribution in [2.45, 2.75) is 51.6 Å². The first-order valence-corrected chi connectivity index (χ1v) is 8.39. The summed E-state index contributed by atoms with van der Waals surface area (Å²) < 4.78 is 1.89. The number of benzene rings is 1. The van der Waals surface area contributed by atoms with Gasteiger partial charge in [0.1, 0.15) is 0 Å². The van der Waals surface area contributed by atoms with E-state index in [-0.39, 0.29) is 24.0 Å². The van der Waals surface area contributed by atoms with Crippen molar-refractivity contribution in [2.24, 2.45) is 10.7 Å². The molecule has 0 atom stereocenters. The Morgan fingerprint density at radius 2 is 2.00 bits per heavy atom. The first kappa shape index (κ1) is 18.8. The molecule has 5 nitrogen and oxygen atoms in total. The van der Waals surface area contributed by atoms with Gasteiger partial charge in [0.2, 0.25) is 0 Å². The highest BCUT2D eigenvalue weighted by molar-refractivity contribution is 14.0. The molecule has 1 aromatic heterocycles. The third-order valence-electron chi connectivity index (χ3n) is 4.34. The van der Waals surface area contributed by atoms with E-state index in [9.17, 15) is 0 Å². The minimum absolute atomic E-state index is 0. The van der Waals surface area contributed by atoms with E-state index in [1.807, 2.05) is 36.0 Å². The molecule has 0 radical (unpaired) electrons. The molecule has 3 rings (SSSR count). The molecule has 130 valence electrons. The summed E-state index contributed by atoms with van der Waals surface area (Å²) in [5.41, 5.74) is 9.23. The number of nitrogens with two attached hydrogens (primary N) is 1. The normalized spacial score (nSPS) is 15.8. The minimum Gasteiger partial charge on any atom is -0.370 e. The Balaban J connectivity index is 0.00000208. The zero-order valence-electron chi connectivity index (χ0n) is 14.1. The molecule has 0 amide bonds. The van der Waals surface area contributed by atoms with E-state index < -0.39 is 0 Å². The van der Waals surface area contributed by atoms with Crippen LogP contribution in [0.25, 0.3) is 5.69 Å². The van der Waals surface area contributed by atoms with Crippen LogP contribution in [-0.4, -0.2) is 21.8 Å². The highest BCUT2D eigenvalue weighted by Gasteiger charge is 2.13. The molecule has 0 bridgehead atoms. The molecule has 1 aromatic carbocycles. The van der Waals surface area contributed by atoms with Crippen LogP contribution in [0.15, 0.2) is 41.5 Å². The lowest BCUT2D eigenvalue weighted by Gasteiger charge is -2.23. The molecule has 1 saturated carbocycles. The van der Waals surface area contributed by atoms with Crippen LogP contribution in [0.2, 0.25) is 0 Å². The van der Waals surface area contributed by atoms with Gasteiger partial charge in [-0.3, -0.25) is 0 Å². The zero-order valence-corrected chi connectivity index (χ0v) is 16.4. The third-order valence-corrected chi connectivity index (χ3v) is 4.34. The predicted octanol–water partition coefficient (Wildman–Crippen LogP) is 3.54. The first-order chi connectivity index (χ1) is 11.2. The van der Waals surface area contributed by atoms with Gasteiger partial charge >= 0.3 is 0 Å². The molecular weight excluding hydrogens is 413 g/mol. The van der Waals surface area contributed by atoms with Crippen molar-refractivity contribution in [3.63, 3.8) is 0 Å². The van der Waals surface area contributed by atoms with Gasteiger partial charge in [-0.15, -0.1) is 24.0 Å². The monoisotopic (exact) mass is 439 g/mol. The van der Waals surface area contributed by atoms with Gasteiger partial charge in [-0.05, 0) is 37.5 Å². The Kier molecular flexibility index (Phi) is 7.08. The van der Waals surface area contributed by atoms with Crippen LogP contribution >= 0.6 is 24.0 Å². The number of guanidine groups is 1. The fourth-order valence-corrected chi connectivity index (χ4v) is 3.09. The van der Waals surface area contributed by atoms with Crippen molar-refractivity contribution in [2.75, 3.05) is 0 Å². The molecule has 0 aliphatic heterocycles. The van der Waals surface area contributed by atoms with Crippen LogP contribution in [0.1, 0.15) is 43.4 Å². The molecular formula is C18H26IN5. The predicted molar refractivity (Wildman–Crippen MR) is 109 cm³/mol. The van der Waals surface area contributed by atoms with E-state index in [1.165, 1.54) is 32.1 Å². The second kappa shape index (κ2) is 9.05. The Bertz CT molecular complexity index is 674. The topological polar surface area (TPSA) is 68.2 Å². The number of aliphatic imine (C=N–C) groups is 1. The van der Waals surface area contributed by atoms with E-state index >= 15 is 0 Å². The lowest BCUT2D eigenvalue weighted by molar-refractivity contribution is 0.412. The zero-order chi connectivity index (χ0) is 16.1. The highest BCUT2D eigenvalue weighted by atomic mass is 127. The molecule has 1 aliphatic carbocycles. The summed E-state index contributed by atoms with van der Waals surface area (Å²) in [5.74, 6) is 0.545. The molecule has 1 aliphatic rings. The number of halogens is 1. The number of para-hydroxylation sites is 1. The maximum atomic E-state index is 6.06. The number of hydrogen-bond donors (Lipinski definition) is 2. The average molecular weight is 439 g/mol. The second-order valence-electron chi connectivity index (χ2n) is 6.21. The van der Waals surface area contributed by atoms with Crippen LogP contribution < -0.4 is 11.1 Å². The van der Waals surface area contributed by atoms with Crippen LogP contribution in [0.3, 0.4) is 0 Å². The van der Waals surface area contributed by atoms with Gasteiger partial charge < -0.3 is 11.1 Å². The quantitative estimate of drug-likeness (QED) is 0.435. The number of aromatic nitrogens is 2. The summed E-state index contributed by atoms with van der Waals surface area (Å²) in [6.07, 6.45) is 8.27. The molecule has 0 saturated heterocycles. The molecule has 3 N–H and O–H groups in total. The summed E-state index contributed by atoms with van der Waals surface area (Å²) in [5, 5.41) is 7.84.